The Morgan fingerprint density at radius 2 is 1.96 bits per heavy atom. The number of benzene rings is 2. The molecule has 4 rings (SSSR count). The molecule has 0 fully saturated rings. The van der Waals surface area contributed by atoms with Gasteiger partial charge in [0.1, 0.15) is 0 Å². The fourth-order valence-corrected chi connectivity index (χ4v) is 3.22. The van der Waals surface area contributed by atoms with E-state index in [9.17, 15) is 4.79 Å². The van der Waals surface area contributed by atoms with Gasteiger partial charge in [0.25, 0.3) is 11.7 Å². The largest absolute Gasteiger partial charge is 0.322 e. The van der Waals surface area contributed by atoms with Crippen LogP contribution < -0.4 is 5.32 Å². The van der Waals surface area contributed by atoms with Gasteiger partial charge in [0, 0.05) is 29.4 Å². The quantitative estimate of drug-likeness (QED) is 0.549. The Morgan fingerprint density at radius 3 is 2.81 bits per heavy atom. The molecule has 1 amide bonds. The van der Waals surface area contributed by atoms with E-state index in [0.717, 1.165) is 11.3 Å². The van der Waals surface area contributed by atoms with Crippen LogP contribution in [-0.2, 0) is 5.75 Å². The monoisotopic (exact) mass is 361 g/mol. The van der Waals surface area contributed by atoms with Gasteiger partial charge in [-0.05, 0) is 35.9 Å². The Hall–Kier alpha value is -3.19. The summed E-state index contributed by atoms with van der Waals surface area (Å²) in [5, 5.41) is 7.92. The second-order valence-electron chi connectivity index (χ2n) is 5.57. The van der Waals surface area contributed by atoms with E-state index >= 15 is 0 Å². The van der Waals surface area contributed by atoms with Gasteiger partial charge in [-0.3, -0.25) is 4.79 Å². The molecular weight excluding hydrogens is 346 g/mol. The molecule has 0 radical (unpaired) electrons. The first kappa shape index (κ1) is 16.3. The number of para-hydroxylation sites is 1. The standard InChI is InChI=1S/C19H15N5OS/c25-17(21-16-8-2-1-3-9-16)15-7-4-6-14(12-15)13-26-19-22-18-20-10-5-11-24(18)23-19/h1-12H,13H2,(H,21,25). The minimum absolute atomic E-state index is 0.127. The zero-order valence-electron chi connectivity index (χ0n) is 13.7. The minimum atomic E-state index is -0.127. The van der Waals surface area contributed by atoms with Crippen LogP contribution in [0.4, 0.5) is 5.69 Å². The third-order valence-electron chi connectivity index (χ3n) is 3.69. The van der Waals surface area contributed by atoms with Gasteiger partial charge in [-0.25, -0.2) is 9.50 Å². The van der Waals surface area contributed by atoms with Gasteiger partial charge in [-0.2, -0.15) is 4.98 Å². The van der Waals surface area contributed by atoms with Gasteiger partial charge in [0.15, 0.2) is 0 Å². The molecule has 0 saturated heterocycles. The number of carbonyl (C=O) groups is 1. The van der Waals surface area contributed by atoms with Crippen LogP contribution in [0.1, 0.15) is 15.9 Å². The van der Waals surface area contributed by atoms with Crippen molar-refractivity contribution in [2.75, 3.05) is 5.32 Å². The summed E-state index contributed by atoms with van der Waals surface area (Å²) in [4.78, 5) is 20.9. The third-order valence-corrected chi connectivity index (χ3v) is 4.59. The van der Waals surface area contributed by atoms with E-state index in [0.29, 0.717) is 22.3 Å². The highest BCUT2D eigenvalue weighted by Gasteiger charge is 2.09. The molecular formula is C19H15N5OS. The molecule has 0 atom stereocenters. The molecule has 0 aliphatic heterocycles. The molecule has 0 bridgehead atoms. The molecule has 0 spiro atoms. The number of nitrogens with one attached hydrogen (secondary N) is 1. The number of rotatable bonds is 5. The molecule has 0 aliphatic carbocycles. The molecule has 0 aliphatic rings. The van der Waals surface area contributed by atoms with Crippen molar-refractivity contribution >= 4 is 29.1 Å². The Labute approximate surface area is 154 Å². The highest BCUT2D eigenvalue weighted by molar-refractivity contribution is 7.98. The summed E-state index contributed by atoms with van der Waals surface area (Å²) < 4.78 is 1.64. The molecule has 128 valence electrons. The number of thioether (sulfide) groups is 1. The van der Waals surface area contributed by atoms with E-state index in [2.05, 4.69) is 20.4 Å². The smallest absolute Gasteiger partial charge is 0.255 e. The minimum Gasteiger partial charge on any atom is -0.322 e. The Morgan fingerprint density at radius 1 is 1.08 bits per heavy atom. The summed E-state index contributed by atoms with van der Waals surface area (Å²) in [6.45, 7) is 0. The lowest BCUT2D eigenvalue weighted by Gasteiger charge is -2.06. The second kappa shape index (κ2) is 7.37. The molecule has 2 heterocycles. The van der Waals surface area contributed by atoms with Crippen LogP contribution in [0.25, 0.3) is 5.78 Å². The fourth-order valence-electron chi connectivity index (χ4n) is 2.45. The lowest BCUT2D eigenvalue weighted by atomic mass is 10.1. The van der Waals surface area contributed by atoms with Crippen LogP contribution in [0, 0.1) is 0 Å². The number of hydrogen-bond acceptors (Lipinski definition) is 5. The summed E-state index contributed by atoms with van der Waals surface area (Å²) in [6.07, 6.45) is 3.50. The summed E-state index contributed by atoms with van der Waals surface area (Å²) in [6, 6.07) is 18.8. The summed E-state index contributed by atoms with van der Waals surface area (Å²) in [5.74, 6) is 1.12. The predicted octanol–water partition coefficient (Wildman–Crippen LogP) is 3.67. The summed E-state index contributed by atoms with van der Waals surface area (Å²) >= 11 is 1.51. The van der Waals surface area contributed by atoms with Crippen molar-refractivity contribution in [3.8, 4) is 0 Å². The van der Waals surface area contributed by atoms with Crippen molar-refractivity contribution in [1.29, 1.82) is 0 Å². The number of anilines is 1. The average molecular weight is 361 g/mol. The zero-order chi connectivity index (χ0) is 17.8. The van der Waals surface area contributed by atoms with Gasteiger partial charge in [-0.1, -0.05) is 42.1 Å². The van der Waals surface area contributed by atoms with Crippen molar-refractivity contribution in [2.45, 2.75) is 10.9 Å². The van der Waals surface area contributed by atoms with Gasteiger partial charge in [0.05, 0.1) is 0 Å². The maximum absolute atomic E-state index is 12.4. The van der Waals surface area contributed by atoms with E-state index in [1.807, 2.05) is 60.8 Å². The van der Waals surface area contributed by atoms with Crippen LogP contribution >= 0.6 is 11.8 Å². The summed E-state index contributed by atoms with van der Waals surface area (Å²) in [5.41, 5.74) is 2.43. The summed E-state index contributed by atoms with van der Waals surface area (Å²) in [7, 11) is 0. The van der Waals surface area contributed by atoms with Crippen molar-refractivity contribution in [1.82, 2.24) is 19.6 Å². The maximum Gasteiger partial charge on any atom is 0.255 e. The highest BCUT2D eigenvalue weighted by Crippen LogP contribution is 2.20. The first-order valence-electron chi connectivity index (χ1n) is 8.03. The number of fused-ring (bicyclic) bond motifs is 1. The average Bonchev–Trinajstić information content (AvgIpc) is 3.10. The van der Waals surface area contributed by atoms with Crippen molar-refractivity contribution < 1.29 is 4.79 Å². The van der Waals surface area contributed by atoms with Crippen molar-refractivity contribution in [2.24, 2.45) is 0 Å². The SMILES string of the molecule is O=C(Nc1ccccc1)c1cccc(CSc2nc3ncccn3n2)c1. The first-order valence-corrected chi connectivity index (χ1v) is 9.02. The number of aromatic nitrogens is 4. The molecule has 26 heavy (non-hydrogen) atoms. The molecule has 0 unspecified atom stereocenters. The van der Waals surface area contributed by atoms with Crippen LogP contribution in [0.3, 0.4) is 0 Å². The van der Waals surface area contributed by atoms with Crippen LogP contribution in [-0.4, -0.2) is 25.5 Å². The lowest BCUT2D eigenvalue weighted by Crippen LogP contribution is -2.11. The Bertz CT molecular complexity index is 1010. The van der Waals surface area contributed by atoms with Gasteiger partial charge in [0.2, 0.25) is 5.16 Å². The second-order valence-corrected chi connectivity index (χ2v) is 6.51. The molecule has 4 aromatic rings. The molecule has 0 saturated carbocycles. The normalized spacial score (nSPS) is 10.8. The van der Waals surface area contributed by atoms with Gasteiger partial charge in [-0.15, -0.1) is 5.10 Å². The number of nitrogens with zero attached hydrogens (tertiary/aromatic N) is 4. The van der Waals surface area contributed by atoms with Crippen LogP contribution in [0.2, 0.25) is 0 Å². The zero-order valence-corrected chi connectivity index (χ0v) is 14.6. The van der Waals surface area contributed by atoms with E-state index in [-0.39, 0.29) is 5.91 Å². The molecule has 1 N–H and O–H groups in total. The third kappa shape index (κ3) is 3.73. The first-order chi connectivity index (χ1) is 12.8. The van der Waals surface area contributed by atoms with E-state index in [1.165, 1.54) is 11.8 Å². The maximum atomic E-state index is 12.4. The Kier molecular flexibility index (Phi) is 4.61. The van der Waals surface area contributed by atoms with Crippen molar-refractivity contribution in [3.63, 3.8) is 0 Å². The van der Waals surface area contributed by atoms with Gasteiger partial charge >= 0.3 is 0 Å². The fraction of sp³-hybridized carbons (Fsp3) is 0.0526. The van der Waals surface area contributed by atoms with E-state index < -0.39 is 0 Å². The lowest BCUT2D eigenvalue weighted by molar-refractivity contribution is 0.102. The molecule has 2 aromatic heterocycles. The highest BCUT2D eigenvalue weighted by atomic mass is 32.2. The number of carbonyl (C=O) groups excluding carboxylic acids is 1. The number of hydrogen-bond donors (Lipinski definition) is 1. The van der Waals surface area contributed by atoms with Crippen LogP contribution in [0.5, 0.6) is 0 Å². The van der Waals surface area contributed by atoms with Gasteiger partial charge < -0.3 is 5.32 Å². The Balaban J connectivity index is 1.44. The number of amides is 1. The molecule has 7 heteroatoms. The van der Waals surface area contributed by atoms with Crippen molar-refractivity contribution in [3.05, 3.63) is 84.2 Å². The predicted molar refractivity (Wildman–Crippen MR) is 101 cm³/mol. The van der Waals surface area contributed by atoms with E-state index in [1.54, 1.807) is 16.8 Å². The molecule has 2 aromatic carbocycles. The topological polar surface area (TPSA) is 72.2 Å². The van der Waals surface area contributed by atoms with Crippen LogP contribution in [0.15, 0.2) is 78.2 Å². The molecule has 6 nitrogen and oxygen atoms in total. The van der Waals surface area contributed by atoms with E-state index in [4.69, 9.17) is 0 Å².